The van der Waals surface area contributed by atoms with Gasteiger partial charge in [0.05, 0.1) is 35.9 Å². The van der Waals surface area contributed by atoms with Crippen molar-refractivity contribution < 1.29 is 29.4 Å². The fourth-order valence-corrected chi connectivity index (χ4v) is 5.46. The fraction of sp³-hybridized carbons (Fsp3) is 0.560. The monoisotopic (exact) mass is 601 g/mol. The molecule has 0 aliphatic carbocycles. The summed E-state index contributed by atoms with van der Waals surface area (Å²) in [6, 6.07) is 3.52. The summed E-state index contributed by atoms with van der Waals surface area (Å²) in [6.45, 7) is 2.37. The van der Waals surface area contributed by atoms with E-state index in [-0.39, 0.29) is 24.4 Å². The van der Waals surface area contributed by atoms with Crippen LogP contribution in [-0.4, -0.2) is 97.9 Å². The fourth-order valence-electron chi connectivity index (χ4n) is 4.57. The van der Waals surface area contributed by atoms with Crippen molar-refractivity contribution in [3.63, 3.8) is 0 Å². The molecule has 0 saturated carbocycles. The number of carbonyl (C=O) groups is 4. The number of amides is 4. The quantitative estimate of drug-likeness (QED) is 0.203. The Morgan fingerprint density at radius 2 is 1.69 bits per heavy atom. The van der Waals surface area contributed by atoms with Gasteiger partial charge in [-0.3, -0.25) is 19.2 Å². The first-order valence-corrected chi connectivity index (χ1v) is 13.9. The molecule has 6 N–H and O–H groups in total. The summed E-state index contributed by atoms with van der Waals surface area (Å²) >= 11 is 18.2. The predicted molar refractivity (Wildman–Crippen MR) is 149 cm³/mol. The van der Waals surface area contributed by atoms with Crippen LogP contribution < -0.4 is 21.3 Å². The maximum absolute atomic E-state index is 13.5. The van der Waals surface area contributed by atoms with Gasteiger partial charge in [-0.2, -0.15) is 0 Å². The molecule has 39 heavy (non-hydrogen) atoms. The zero-order valence-corrected chi connectivity index (χ0v) is 23.8. The predicted octanol–water partition coefficient (Wildman–Crippen LogP) is -0.288. The Labute approximate surface area is 242 Å². The molecule has 4 amide bonds. The van der Waals surface area contributed by atoms with Crippen molar-refractivity contribution in [3.05, 3.63) is 35.9 Å². The lowest BCUT2D eigenvalue weighted by molar-refractivity contribution is -0.142. The maximum atomic E-state index is 13.5. The van der Waals surface area contributed by atoms with Gasteiger partial charge >= 0.3 is 0 Å². The minimum absolute atomic E-state index is 0.0335. The zero-order valence-electron chi connectivity index (χ0n) is 21.5. The van der Waals surface area contributed by atoms with Gasteiger partial charge in [-0.1, -0.05) is 49.5 Å². The second-order valence-electron chi connectivity index (χ2n) is 9.57. The second kappa shape index (κ2) is 13.7. The number of rotatable bonds is 4. The molecule has 2 aliphatic heterocycles. The van der Waals surface area contributed by atoms with E-state index in [2.05, 4.69) is 21.3 Å². The molecule has 0 aromatic heterocycles. The number of benzene rings is 1. The molecule has 14 heteroatoms. The molecule has 1 aromatic carbocycles. The third kappa shape index (κ3) is 7.37. The van der Waals surface area contributed by atoms with Crippen LogP contribution in [-0.2, 0) is 19.2 Å². The Morgan fingerprint density at radius 3 is 2.28 bits per heavy atom. The van der Waals surface area contributed by atoms with Gasteiger partial charge in [-0.25, -0.2) is 0 Å². The number of halogens is 2. The molecule has 0 bridgehead atoms. The van der Waals surface area contributed by atoms with E-state index in [4.69, 9.17) is 35.4 Å². The Morgan fingerprint density at radius 1 is 1.03 bits per heavy atom. The van der Waals surface area contributed by atoms with E-state index in [9.17, 15) is 29.4 Å². The molecule has 3 rings (SSSR count). The summed E-state index contributed by atoms with van der Waals surface area (Å²) in [5.41, 5.74) is 0.710. The van der Waals surface area contributed by atoms with Crippen LogP contribution in [0.5, 0.6) is 0 Å². The summed E-state index contributed by atoms with van der Waals surface area (Å²) in [6.07, 6.45) is -1.25. The molecular weight excluding hydrogens is 569 g/mol. The third-order valence-corrected chi connectivity index (χ3v) is 8.22. The van der Waals surface area contributed by atoms with Gasteiger partial charge in [0.2, 0.25) is 23.6 Å². The lowest BCUT2D eigenvalue weighted by atomic mass is 10.0. The Bertz CT molecular complexity index is 1080. The van der Waals surface area contributed by atoms with Crippen molar-refractivity contribution in [2.75, 3.05) is 13.2 Å². The number of aliphatic hydroxyl groups is 2. The van der Waals surface area contributed by atoms with Crippen LogP contribution in [0, 0.1) is 0 Å². The molecule has 2 fully saturated rings. The van der Waals surface area contributed by atoms with Crippen molar-refractivity contribution in [2.45, 2.75) is 73.8 Å². The molecular formula is C25H33Cl2N5O6S. The van der Waals surface area contributed by atoms with Crippen molar-refractivity contribution in [2.24, 2.45) is 0 Å². The number of nitrogens with one attached hydrogen (secondary N) is 4. The van der Waals surface area contributed by atoms with Crippen LogP contribution in [0.2, 0.25) is 0 Å². The number of hydrogen-bond acceptors (Lipinski definition) is 7. The van der Waals surface area contributed by atoms with Crippen LogP contribution in [0.25, 0.3) is 0 Å². The zero-order chi connectivity index (χ0) is 28.9. The van der Waals surface area contributed by atoms with Crippen molar-refractivity contribution in [1.29, 1.82) is 0 Å². The normalized spacial score (nSPS) is 32.0. The van der Waals surface area contributed by atoms with E-state index in [0.717, 1.165) is 0 Å². The lowest BCUT2D eigenvalue weighted by Crippen LogP contribution is -2.62. The third-order valence-electron chi connectivity index (χ3n) is 6.73. The van der Waals surface area contributed by atoms with Gasteiger partial charge in [0.1, 0.15) is 29.2 Å². The van der Waals surface area contributed by atoms with E-state index in [1.165, 1.54) is 11.8 Å². The average molecular weight is 603 g/mol. The number of aliphatic hydroxyl groups excluding tert-OH is 2. The molecule has 0 radical (unpaired) electrons. The number of hydrogen-bond donors (Lipinski definition) is 6. The molecule has 8 atom stereocenters. The molecule has 2 aliphatic rings. The maximum Gasteiger partial charge on any atom is 0.245 e. The number of nitrogens with zero attached hydrogens (tertiary/aromatic N) is 1. The highest BCUT2D eigenvalue weighted by Gasteiger charge is 2.48. The first kappa shape index (κ1) is 31.0. The van der Waals surface area contributed by atoms with E-state index >= 15 is 0 Å². The molecule has 0 spiro atoms. The number of thiocarbonyl (C=S) groups is 1. The topological polar surface area (TPSA) is 160 Å². The molecule has 214 valence electrons. The van der Waals surface area contributed by atoms with Crippen molar-refractivity contribution in [3.8, 4) is 0 Å². The highest BCUT2D eigenvalue weighted by atomic mass is 35.5. The van der Waals surface area contributed by atoms with Crippen molar-refractivity contribution >= 4 is 64.0 Å². The highest BCUT2D eigenvalue weighted by Crippen LogP contribution is 2.29. The minimum Gasteiger partial charge on any atom is -0.394 e. The van der Waals surface area contributed by atoms with Gasteiger partial charge in [0.25, 0.3) is 0 Å². The van der Waals surface area contributed by atoms with Gasteiger partial charge < -0.3 is 36.4 Å². The summed E-state index contributed by atoms with van der Waals surface area (Å²) < 4.78 is 0. The minimum atomic E-state index is -1.45. The largest absolute Gasteiger partial charge is 0.394 e. The molecule has 2 heterocycles. The number of alkyl halides is 2. The van der Waals surface area contributed by atoms with Crippen molar-refractivity contribution in [1.82, 2.24) is 26.2 Å². The van der Waals surface area contributed by atoms with Gasteiger partial charge in [-0.05, 0) is 18.9 Å². The molecule has 0 unspecified atom stereocenters. The van der Waals surface area contributed by atoms with Gasteiger partial charge in [0, 0.05) is 6.54 Å². The Hall–Kier alpha value is -2.51. The second-order valence-corrected chi connectivity index (χ2v) is 11.1. The van der Waals surface area contributed by atoms with E-state index < -0.39 is 77.3 Å². The van der Waals surface area contributed by atoms with E-state index in [0.29, 0.717) is 5.56 Å². The first-order valence-electron chi connectivity index (χ1n) is 12.6. The summed E-state index contributed by atoms with van der Waals surface area (Å²) in [4.78, 5) is 54.3. The van der Waals surface area contributed by atoms with Gasteiger partial charge in [-0.15, -0.1) is 23.2 Å². The van der Waals surface area contributed by atoms with E-state index in [1.54, 1.807) is 31.2 Å². The SMILES string of the molecule is CC[C@@H]1NC(=O)C[C@H](c2ccccc2)NC(=S)[C@H](CO)NC(=O)[C@H]([C@H](C)O)NC(=O)[C@@H]2[C@H](Cl)[C@H](Cl)CN2C1=O. The van der Waals surface area contributed by atoms with Gasteiger partial charge in [0.15, 0.2) is 0 Å². The first-order chi connectivity index (χ1) is 18.5. The Balaban J connectivity index is 2.02. The van der Waals surface area contributed by atoms with Crippen LogP contribution in [0.3, 0.4) is 0 Å². The van der Waals surface area contributed by atoms with Crippen LogP contribution >= 0.6 is 35.4 Å². The molecule has 11 nitrogen and oxygen atoms in total. The summed E-state index contributed by atoms with van der Waals surface area (Å²) in [7, 11) is 0. The van der Waals surface area contributed by atoms with Crippen LogP contribution in [0.1, 0.15) is 38.3 Å². The smallest absolute Gasteiger partial charge is 0.245 e. The lowest BCUT2D eigenvalue weighted by Gasteiger charge is -2.32. The summed E-state index contributed by atoms with van der Waals surface area (Å²) in [5.74, 6) is -2.63. The average Bonchev–Trinajstić information content (AvgIpc) is 3.21. The van der Waals surface area contributed by atoms with E-state index in [1.807, 2.05) is 6.07 Å². The summed E-state index contributed by atoms with van der Waals surface area (Å²) in [5, 5.41) is 29.3. The van der Waals surface area contributed by atoms with Crippen LogP contribution in [0.4, 0.5) is 0 Å². The van der Waals surface area contributed by atoms with Crippen LogP contribution in [0.15, 0.2) is 30.3 Å². The molecule has 2 saturated heterocycles. The number of carbonyl (C=O) groups excluding carboxylic acids is 4. The molecule has 1 aromatic rings. The highest BCUT2D eigenvalue weighted by molar-refractivity contribution is 7.80. The Kier molecular flexibility index (Phi) is 10.9. The number of fused-ring (bicyclic) bond motifs is 1. The standard InChI is InChI=1S/C25H33Cl2N5O6S/c1-3-15-25(38)32-10-14(26)19(27)21(32)23(37)31-20(12(2)34)22(36)29-17(11-33)24(39)30-16(9-18(35)28-15)13-7-5-4-6-8-13/h4-8,12,14-17,19-21,33-34H,3,9-11H2,1-2H3,(H,28,35)(H,29,36)(H,30,39)(H,31,37)/t12-,14+,15-,16+,17-,19+,20-,21-/m0/s1.